The Labute approximate surface area is 293 Å². The first kappa shape index (κ1) is 37.9. The summed E-state index contributed by atoms with van der Waals surface area (Å²) in [4.78, 5) is 53.8. The maximum absolute atomic E-state index is 13.6. The quantitative estimate of drug-likeness (QED) is 0.162. The van der Waals surface area contributed by atoms with Gasteiger partial charge >= 0.3 is 6.09 Å². The van der Waals surface area contributed by atoms with E-state index in [9.17, 15) is 24.3 Å². The van der Waals surface area contributed by atoms with E-state index in [2.05, 4.69) is 16.0 Å². The number of carbonyl (C=O) groups excluding carboxylic acids is 4. The molecule has 4 amide bonds. The van der Waals surface area contributed by atoms with Crippen LogP contribution in [0.4, 0.5) is 4.79 Å². The molecule has 0 radical (unpaired) electrons. The van der Waals surface area contributed by atoms with Gasteiger partial charge in [0.05, 0.1) is 24.6 Å². The zero-order valence-corrected chi connectivity index (χ0v) is 28.9. The molecule has 0 aromatic heterocycles. The number of aliphatic hydroxyl groups excluding tert-OH is 1. The Balaban J connectivity index is 1.49. The Morgan fingerprint density at radius 1 is 0.900 bits per heavy atom. The number of nitrogens with one attached hydrogen (secondary N) is 3. The number of amides is 4. The third-order valence-corrected chi connectivity index (χ3v) is 8.25. The van der Waals surface area contributed by atoms with Crippen LogP contribution in [0, 0.1) is 0 Å². The number of primary amides is 1. The number of ether oxygens (including phenoxy) is 2. The summed E-state index contributed by atoms with van der Waals surface area (Å²) >= 11 is 0. The molecule has 0 spiro atoms. The smallest absolute Gasteiger partial charge is 0.408 e. The van der Waals surface area contributed by atoms with Gasteiger partial charge in [-0.05, 0) is 56.9 Å². The number of nitrogens with two attached hydrogens (primary N) is 1. The minimum absolute atomic E-state index is 0.0377. The van der Waals surface area contributed by atoms with E-state index in [-0.39, 0.29) is 31.6 Å². The summed E-state index contributed by atoms with van der Waals surface area (Å²) in [6.45, 7) is 6.20. The molecule has 3 aromatic rings. The number of piperidine rings is 1. The van der Waals surface area contributed by atoms with Crippen molar-refractivity contribution in [3.8, 4) is 5.75 Å². The predicted molar refractivity (Wildman–Crippen MR) is 189 cm³/mol. The summed E-state index contributed by atoms with van der Waals surface area (Å²) in [6, 6.07) is 25.0. The van der Waals surface area contributed by atoms with Gasteiger partial charge in [-0.1, -0.05) is 78.9 Å². The fourth-order valence-corrected chi connectivity index (χ4v) is 5.84. The molecule has 1 saturated heterocycles. The van der Waals surface area contributed by atoms with E-state index >= 15 is 0 Å². The van der Waals surface area contributed by atoms with Crippen molar-refractivity contribution in [2.24, 2.45) is 5.73 Å². The molecule has 12 nitrogen and oxygen atoms in total. The lowest BCUT2D eigenvalue weighted by molar-refractivity contribution is -0.132. The Morgan fingerprint density at radius 2 is 1.50 bits per heavy atom. The predicted octanol–water partition coefficient (Wildman–Crippen LogP) is 3.07. The number of aliphatic hydroxyl groups is 1. The van der Waals surface area contributed by atoms with Gasteiger partial charge in [0.1, 0.15) is 24.5 Å². The molecular weight excluding hydrogens is 638 g/mol. The van der Waals surface area contributed by atoms with E-state index in [1.807, 2.05) is 92.4 Å². The molecule has 0 unspecified atom stereocenters. The number of para-hydroxylation sites is 1. The molecule has 0 bridgehead atoms. The number of nitrogens with zero attached hydrogens (tertiary/aromatic N) is 1. The first-order chi connectivity index (χ1) is 23.9. The van der Waals surface area contributed by atoms with E-state index in [1.54, 1.807) is 24.3 Å². The Morgan fingerprint density at radius 3 is 2.10 bits per heavy atom. The fourth-order valence-electron chi connectivity index (χ4n) is 5.84. The van der Waals surface area contributed by atoms with Gasteiger partial charge in [-0.25, -0.2) is 4.79 Å². The molecule has 0 saturated carbocycles. The lowest BCUT2D eigenvalue weighted by Gasteiger charge is -2.41. The normalized spacial score (nSPS) is 18.2. The SMILES string of the molecule is CC(C)(C)NC(=O)[C@@H]1C[C@H](Oc2ccccc2)CCN1C[C@@H](O)[C@H](Cc1ccccc1)NC(=O)[C@H](CC(N)=O)NC(=O)OCc1ccccc1. The highest BCUT2D eigenvalue weighted by Crippen LogP contribution is 2.25. The summed E-state index contributed by atoms with van der Waals surface area (Å²) in [5.41, 5.74) is 6.55. The van der Waals surface area contributed by atoms with E-state index < -0.39 is 54.1 Å². The number of carbonyl (C=O) groups is 4. The van der Waals surface area contributed by atoms with Crippen LogP contribution < -0.4 is 26.4 Å². The second-order valence-corrected chi connectivity index (χ2v) is 13.6. The van der Waals surface area contributed by atoms with Gasteiger partial charge in [0.25, 0.3) is 0 Å². The highest BCUT2D eigenvalue weighted by atomic mass is 16.5. The van der Waals surface area contributed by atoms with Crippen LogP contribution in [0.5, 0.6) is 5.75 Å². The van der Waals surface area contributed by atoms with Gasteiger partial charge in [0.15, 0.2) is 0 Å². The van der Waals surface area contributed by atoms with Crippen LogP contribution in [0.25, 0.3) is 0 Å². The van der Waals surface area contributed by atoms with Crippen molar-refractivity contribution >= 4 is 23.8 Å². The number of benzene rings is 3. The number of β-amino-alcohol motifs (C(OH)–C–C–N with tert-alkyl or cyclic N) is 1. The van der Waals surface area contributed by atoms with Crippen LogP contribution in [0.3, 0.4) is 0 Å². The van der Waals surface area contributed by atoms with Gasteiger partial charge in [-0.2, -0.15) is 0 Å². The van der Waals surface area contributed by atoms with Crippen LogP contribution in [0.15, 0.2) is 91.0 Å². The molecule has 0 aliphatic carbocycles. The number of hydrogen-bond acceptors (Lipinski definition) is 8. The van der Waals surface area contributed by atoms with Crippen LogP contribution in [0.2, 0.25) is 0 Å². The minimum Gasteiger partial charge on any atom is -0.490 e. The van der Waals surface area contributed by atoms with Crippen molar-refractivity contribution in [1.29, 1.82) is 0 Å². The molecule has 1 heterocycles. The van der Waals surface area contributed by atoms with Crippen LogP contribution in [-0.2, 0) is 32.1 Å². The van der Waals surface area contributed by atoms with Gasteiger partial charge in [0.2, 0.25) is 17.7 Å². The van der Waals surface area contributed by atoms with E-state index in [1.165, 1.54) is 0 Å². The molecule has 50 heavy (non-hydrogen) atoms. The zero-order valence-electron chi connectivity index (χ0n) is 28.9. The second kappa shape index (κ2) is 18.2. The summed E-state index contributed by atoms with van der Waals surface area (Å²) < 4.78 is 11.5. The third kappa shape index (κ3) is 12.5. The topological polar surface area (TPSA) is 172 Å². The molecule has 268 valence electrons. The molecule has 12 heteroatoms. The molecule has 4 rings (SSSR count). The third-order valence-electron chi connectivity index (χ3n) is 8.25. The molecule has 1 aliphatic rings. The maximum atomic E-state index is 13.6. The Hall–Kier alpha value is -4.94. The molecule has 1 fully saturated rings. The largest absolute Gasteiger partial charge is 0.490 e. The van der Waals surface area contributed by atoms with Crippen molar-refractivity contribution in [3.63, 3.8) is 0 Å². The molecule has 6 N–H and O–H groups in total. The number of likely N-dealkylation sites (tertiary alicyclic amines) is 1. The molecule has 3 aromatic carbocycles. The van der Waals surface area contributed by atoms with E-state index in [0.717, 1.165) is 16.9 Å². The van der Waals surface area contributed by atoms with Gasteiger partial charge in [-0.3, -0.25) is 19.3 Å². The van der Waals surface area contributed by atoms with Crippen molar-refractivity contribution in [1.82, 2.24) is 20.9 Å². The standard InChI is InChI=1S/C38H49N5O7/c1-38(2,3)42-36(47)32-22-29(50-28-17-11-6-12-18-28)19-20-43(32)24-33(44)30(21-26-13-7-4-8-14-26)40-35(46)31(23-34(39)45)41-37(48)49-25-27-15-9-5-10-16-27/h4-18,29-33,44H,19-25H2,1-3H3,(H2,39,45)(H,40,46)(H,41,48)(H,42,47)/t29-,30+,31+,32+,33-/m1/s1. The minimum atomic E-state index is -1.35. The van der Waals surface area contributed by atoms with Crippen LogP contribution >= 0.6 is 0 Å². The fraction of sp³-hybridized carbons (Fsp3) is 0.421. The van der Waals surface area contributed by atoms with Gasteiger partial charge in [0, 0.05) is 25.0 Å². The average molecular weight is 688 g/mol. The summed E-state index contributed by atoms with van der Waals surface area (Å²) in [7, 11) is 0. The van der Waals surface area contributed by atoms with Gasteiger partial charge in [-0.15, -0.1) is 0 Å². The summed E-state index contributed by atoms with van der Waals surface area (Å²) in [6.07, 6.45) is -1.49. The lowest BCUT2D eigenvalue weighted by Crippen LogP contribution is -2.60. The van der Waals surface area contributed by atoms with Gasteiger partial charge < -0.3 is 36.3 Å². The van der Waals surface area contributed by atoms with E-state index in [0.29, 0.717) is 19.4 Å². The summed E-state index contributed by atoms with van der Waals surface area (Å²) in [5, 5.41) is 20.1. The number of alkyl carbamates (subject to hydrolysis) is 1. The first-order valence-electron chi connectivity index (χ1n) is 16.9. The highest BCUT2D eigenvalue weighted by molar-refractivity contribution is 5.90. The van der Waals surface area contributed by atoms with Crippen molar-refractivity contribution < 1.29 is 33.8 Å². The van der Waals surface area contributed by atoms with Crippen LogP contribution in [-0.4, -0.2) is 82.8 Å². The van der Waals surface area contributed by atoms with Crippen LogP contribution in [0.1, 0.15) is 51.2 Å². The molecular formula is C38H49N5O7. The first-order valence-corrected chi connectivity index (χ1v) is 16.9. The average Bonchev–Trinajstić information content (AvgIpc) is 3.07. The maximum Gasteiger partial charge on any atom is 0.408 e. The lowest BCUT2D eigenvalue weighted by atomic mass is 9.94. The molecule has 1 aliphatic heterocycles. The highest BCUT2D eigenvalue weighted by Gasteiger charge is 2.38. The Bertz CT molecular complexity index is 1540. The van der Waals surface area contributed by atoms with Crippen molar-refractivity contribution in [2.45, 2.75) is 88.9 Å². The zero-order chi connectivity index (χ0) is 36.1. The Kier molecular flexibility index (Phi) is 13.8. The second-order valence-electron chi connectivity index (χ2n) is 13.6. The molecule has 5 atom stereocenters. The van der Waals surface area contributed by atoms with E-state index in [4.69, 9.17) is 15.2 Å². The number of hydrogen-bond donors (Lipinski definition) is 5. The summed E-state index contributed by atoms with van der Waals surface area (Å²) in [5.74, 6) is -0.983. The number of rotatable bonds is 15. The monoisotopic (exact) mass is 687 g/mol. The van der Waals surface area contributed by atoms with Crippen molar-refractivity contribution in [3.05, 3.63) is 102 Å². The van der Waals surface area contributed by atoms with Crippen molar-refractivity contribution in [2.75, 3.05) is 13.1 Å².